The van der Waals surface area contributed by atoms with Crippen LogP contribution in [0, 0.1) is 0 Å². The highest BCUT2D eigenvalue weighted by Gasteiger charge is 1.90. The molecule has 0 spiro atoms. The monoisotopic (exact) mass is 109 g/mol. The first-order valence-corrected chi connectivity index (χ1v) is 4.26. The Morgan fingerprint density at radius 1 is 1.60 bits per heavy atom. The highest BCUT2D eigenvalue weighted by Crippen LogP contribution is 1.83. The zero-order valence-corrected chi connectivity index (χ0v) is 5.27. The lowest BCUT2D eigenvalue weighted by Gasteiger charge is -1.80. The first kappa shape index (κ1) is 5.70. The fourth-order valence-corrected chi connectivity index (χ4v) is 0. The Balaban J connectivity index is 2.54. The SMILES string of the molecule is C[S+](C)CS. The molecule has 0 atom stereocenters. The quantitative estimate of drug-likeness (QED) is 0.373. The van der Waals surface area contributed by atoms with E-state index in [-0.39, 0.29) is 0 Å². The van der Waals surface area contributed by atoms with Crippen molar-refractivity contribution in [3.05, 3.63) is 0 Å². The van der Waals surface area contributed by atoms with E-state index in [2.05, 4.69) is 25.1 Å². The van der Waals surface area contributed by atoms with Crippen LogP contribution in [0.15, 0.2) is 0 Å². The summed E-state index contributed by atoms with van der Waals surface area (Å²) in [6.45, 7) is 0. The van der Waals surface area contributed by atoms with Gasteiger partial charge in [0.15, 0.2) is 0 Å². The third kappa shape index (κ3) is 4.70. The average molecular weight is 109 g/mol. The Morgan fingerprint density at radius 3 is 1.80 bits per heavy atom. The second-order valence-corrected chi connectivity index (χ2v) is 4.12. The van der Waals surface area contributed by atoms with E-state index in [4.69, 9.17) is 0 Å². The topological polar surface area (TPSA) is 0 Å². The lowest BCUT2D eigenvalue weighted by atomic mass is 11.8. The predicted octanol–water partition coefficient (Wildman–Crippen LogP) is 0.752. The minimum Gasteiger partial charge on any atom is -0.126 e. The summed E-state index contributed by atoms with van der Waals surface area (Å²) in [6.07, 6.45) is 4.35. The molecule has 0 nitrogen and oxygen atoms in total. The summed E-state index contributed by atoms with van der Waals surface area (Å²) in [4.78, 5) is 0. The van der Waals surface area contributed by atoms with E-state index in [1.807, 2.05) is 0 Å². The maximum absolute atomic E-state index is 4.03. The molecule has 0 N–H and O–H groups in total. The van der Waals surface area contributed by atoms with E-state index in [1.165, 1.54) is 0 Å². The van der Waals surface area contributed by atoms with Crippen LogP contribution in [0.5, 0.6) is 0 Å². The Kier molecular flexibility index (Phi) is 3.32. The van der Waals surface area contributed by atoms with Crippen LogP contribution >= 0.6 is 12.6 Å². The van der Waals surface area contributed by atoms with Crippen molar-refractivity contribution in [2.24, 2.45) is 0 Å². The second kappa shape index (κ2) is 2.91. The standard InChI is InChI=1S/C3H8S2/c1-5(2)3-4/h3H2,1-2H3/p+1. The third-order valence-corrected chi connectivity index (χ3v) is 2.32. The van der Waals surface area contributed by atoms with Crippen molar-refractivity contribution in [2.45, 2.75) is 0 Å². The third-order valence-electron chi connectivity index (χ3n) is 0.258. The Morgan fingerprint density at radius 2 is 1.80 bits per heavy atom. The van der Waals surface area contributed by atoms with Gasteiger partial charge in [0, 0.05) is 0 Å². The summed E-state index contributed by atoms with van der Waals surface area (Å²) in [5, 5.41) is 1.03. The molecule has 32 valence electrons. The first-order chi connectivity index (χ1) is 2.27. The molecule has 2 heteroatoms. The van der Waals surface area contributed by atoms with Crippen molar-refractivity contribution in [1.82, 2.24) is 0 Å². The van der Waals surface area contributed by atoms with Crippen LogP contribution < -0.4 is 0 Å². The van der Waals surface area contributed by atoms with Gasteiger partial charge in [-0.15, -0.1) is 12.6 Å². The summed E-state index contributed by atoms with van der Waals surface area (Å²) < 4.78 is 0. The van der Waals surface area contributed by atoms with E-state index in [9.17, 15) is 0 Å². The van der Waals surface area contributed by atoms with Crippen molar-refractivity contribution >= 4 is 23.5 Å². The average Bonchev–Trinajstić information content (AvgIpc) is 1.38. The van der Waals surface area contributed by atoms with Gasteiger partial charge in [0.1, 0.15) is 5.08 Å². The molecule has 0 aromatic heterocycles. The molecule has 0 aromatic rings. The summed E-state index contributed by atoms with van der Waals surface area (Å²) >= 11 is 4.03. The number of hydrogen-bond donors (Lipinski definition) is 1. The molecule has 0 fully saturated rings. The molecule has 5 heavy (non-hydrogen) atoms. The fraction of sp³-hybridized carbons (Fsp3) is 1.00. The lowest BCUT2D eigenvalue weighted by Crippen LogP contribution is -1.92. The summed E-state index contributed by atoms with van der Waals surface area (Å²) in [5.41, 5.74) is 0. The maximum atomic E-state index is 4.03. The van der Waals surface area contributed by atoms with E-state index in [0.29, 0.717) is 10.9 Å². The van der Waals surface area contributed by atoms with Crippen LogP contribution in [-0.4, -0.2) is 17.6 Å². The molecular weight excluding hydrogens is 100 g/mol. The molecule has 0 saturated carbocycles. The number of hydrogen-bond acceptors (Lipinski definition) is 1. The van der Waals surface area contributed by atoms with Crippen LogP contribution in [0.2, 0.25) is 0 Å². The Labute approximate surface area is 41.7 Å². The molecule has 0 aliphatic rings. The van der Waals surface area contributed by atoms with Crippen LogP contribution in [0.25, 0.3) is 0 Å². The van der Waals surface area contributed by atoms with Crippen LogP contribution in [0.1, 0.15) is 0 Å². The van der Waals surface area contributed by atoms with Crippen LogP contribution in [-0.2, 0) is 10.9 Å². The minimum absolute atomic E-state index is 0.542. The molecule has 0 rings (SSSR count). The van der Waals surface area contributed by atoms with Crippen molar-refractivity contribution < 1.29 is 0 Å². The highest BCUT2D eigenvalue weighted by atomic mass is 32.2. The summed E-state index contributed by atoms with van der Waals surface area (Å²) in [6, 6.07) is 0. The van der Waals surface area contributed by atoms with Crippen molar-refractivity contribution in [1.29, 1.82) is 0 Å². The Bertz CT molecular complexity index is 18.9. The van der Waals surface area contributed by atoms with Gasteiger partial charge in [0.05, 0.1) is 12.5 Å². The van der Waals surface area contributed by atoms with E-state index in [1.54, 1.807) is 0 Å². The molecule has 0 aliphatic carbocycles. The van der Waals surface area contributed by atoms with E-state index < -0.39 is 0 Å². The summed E-state index contributed by atoms with van der Waals surface area (Å²) in [5.74, 6) is 0. The second-order valence-electron chi connectivity index (χ2n) is 1.11. The van der Waals surface area contributed by atoms with Gasteiger partial charge < -0.3 is 0 Å². The molecule has 0 radical (unpaired) electrons. The van der Waals surface area contributed by atoms with Crippen LogP contribution in [0.4, 0.5) is 0 Å². The molecule has 0 aliphatic heterocycles. The van der Waals surface area contributed by atoms with Gasteiger partial charge >= 0.3 is 0 Å². The maximum Gasteiger partial charge on any atom is 0.150 e. The van der Waals surface area contributed by atoms with Gasteiger partial charge in [-0.05, 0) is 10.9 Å². The van der Waals surface area contributed by atoms with Gasteiger partial charge in [0.25, 0.3) is 0 Å². The number of thiol groups is 1. The largest absolute Gasteiger partial charge is 0.150 e. The normalized spacial score (nSPS) is 9.60. The lowest BCUT2D eigenvalue weighted by molar-refractivity contribution is 2.11. The van der Waals surface area contributed by atoms with Crippen molar-refractivity contribution in [3.8, 4) is 0 Å². The molecule has 0 aromatic carbocycles. The first-order valence-electron chi connectivity index (χ1n) is 1.42. The minimum atomic E-state index is 0.542. The highest BCUT2D eigenvalue weighted by molar-refractivity contribution is 8.06. The number of rotatable bonds is 1. The van der Waals surface area contributed by atoms with Crippen molar-refractivity contribution in [2.75, 3.05) is 17.6 Å². The van der Waals surface area contributed by atoms with Gasteiger partial charge in [-0.2, -0.15) is 0 Å². The van der Waals surface area contributed by atoms with Gasteiger partial charge in [-0.3, -0.25) is 0 Å². The molecule has 0 unspecified atom stereocenters. The van der Waals surface area contributed by atoms with E-state index in [0.717, 1.165) is 5.08 Å². The zero-order valence-electron chi connectivity index (χ0n) is 3.56. The fourth-order valence-electron chi connectivity index (χ4n) is 0. The molecule has 0 saturated heterocycles. The van der Waals surface area contributed by atoms with Gasteiger partial charge in [0.2, 0.25) is 0 Å². The molecule has 0 amide bonds. The predicted molar refractivity (Wildman–Crippen MR) is 33.1 cm³/mol. The molecule has 0 heterocycles. The zero-order chi connectivity index (χ0) is 4.28. The van der Waals surface area contributed by atoms with E-state index >= 15 is 0 Å². The van der Waals surface area contributed by atoms with Crippen molar-refractivity contribution in [3.63, 3.8) is 0 Å². The summed E-state index contributed by atoms with van der Waals surface area (Å²) in [7, 11) is 0.542. The smallest absolute Gasteiger partial charge is 0.126 e. The Hall–Kier alpha value is 0.700. The van der Waals surface area contributed by atoms with Crippen LogP contribution in [0.3, 0.4) is 0 Å². The molecule has 0 bridgehead atoms. The van der Waals surface area contributed by atoms with Gasteiger partial charge in [-0.1, -0.05) is 0 Å². The van der Waals surface area contributed by atoms with Gasteiger partial charge in [-0.25, -0.2) is 0 Å². The molecular formula is C3H9S2+.